The quantitative estimate of drug-likeness (QED) is 0.676. The molecule has 0 aromatic heterocycles. The third kappa shape index (κ3) is 5.55. The van der Waals surface area contributed by atoms with E-state index in [0.29, 0.717) is 18.1 Å². The predicted molar refractivity (Wildman–Crippen MR) is 81.0 cm³/mol. The Bertz CT molecular complexity index is 479. The second-order valence-corrected chi connectivity index (χ2v) is 5.72. The minimum Gasteiger partial charge on any atom is -0.550 e. The maximum Gasteiger partial charge on any atom is 0.175 e. The summed E-state index contributed by atoms with van der Waals surface area (Å²) < 4.78 is 11.8. The zero-order chi connectivity index (χ0) is 15.8. The van der Waals surface area contributed by atoms with Gasteiger partial charge in [0, 0.05) is 18.0 Å². The number of halogens is 1. The van der Waals surface area contributed by atoms with Crippen LogP contribution in [0, 0.1) is 0 Å². The van der Waals surface area contributed by atoms with Gasteiger partial charge in [-0.2, -0.15) is 0 Å². The van der Waals surface area contributed by atoms with Crippen LogP contribution < -0.4 is 20.3 Å². The molecule has 0 aliphatic carbocycles. The number of carboxylic acid groups (broad SMARTS) is 1. The van der Waals surface area contributed by atoms with Crippen LogP contribution in [0.25, 0.3) is 0 Å². The summed E-state index contributed by atoms with van der Waals surface area (Å²) in [6.07, 6.45) is 3.10. The van der Waals surface area contributed by atoms with E-state index in [1.165, 1.54) is 0 Å². The van der Waals surface area contributed by atoms with Gasteiger partial charge in [0.25, 0.3) is 0 Å². The molecule has 5 nitrogen and oxygen atoms in total. The summed E-state index contributed by atoms with van der Waals surface area (Å²) in [4.78, 5) is 10.7. The molecule has 0 heterocycles. The topological polar surface area (TPSA) is 86.2 Å². The number of carboxylic acids is 1. The van der Waals surface area contributed by atoms with Crippen LogP contribution in [0.4, 0.5) is 0 Å². The molecule has 21 heavy (non-hydrogen) atoms. The highest BCUT2D eigenvalue weighted by molar-refractivity contribution is 9.10. The Hall–Kier alpha value is -1.27. The number of unbranched alkanes of at least 4 members (excludes halogenated alkanes) is 2. The monoisotopic (exact) mass is 359 g/mol. The third-order valence-electron chi connectivity index (χ3n) is 3.13. The van der Waals surface area contributed by atoms with Crippen molar-refractivity contribution in [2.24, 2.45) is 0 Å². The highest BCUT2D eigenvalue weighted by Gasteiger charge is 2.17. The summed E-state index contributed by atoms with van der Waals surface area (Å²) in [7, 11) is 1.56. The van der Waals surface area contributed by atoms with Crippen molar-refractivity contribution < 1.29 is 25.1 Å². The third-order valence-corrected chi connectivity index (χ3v) is 3.72. The fourth-order valence-electron chi connectivity index (χ4n) is 1.96. The van der Waals surface area contributed by atoms with Gasteiger partial charge in [0.05, 0.1) is 18.2 Å². The van der Waals surface area contributed by atoms with Gasteiger partial charge < -0.3 is 25.1 Å². The zero-order valence-electron chi connectivity index (χ0n) is 12.5. The number of methoxy groups -OCH3 is 1. The van der Waals surface area contributed by atoms with Crippen LogP contribution >= 0.6 is 15.9 Å². The second kappa shape index (κ2) is 8.89. The Kier molecular flexibility index (Phi) is 7.53. The van der Waals surface area contributed by atoms with Crippen molar-refractivity contribution in [1.29, 1.82) is 0 Å². The van der Waals surface area contributed by atoms with Crippen LogP contribution in [0.2, 0.25) is 0 Å². The van der Waals surface area contributed by atoms with Gasteiger partial charge in [-0.25, -0.2) is 0 Å². The van der Waals surface area contributed by atoms with E-state index in [4.69, 9.17) is 9.47 Å². The van der Waals surface area contributed by atoms with Gasteiger partial charge in [0.15, 0.2) is 11.5 Å². The summed E-state index contributed by atoms with van der Waals surface area (Å²) in [5.41, 5.74) is 4.61. The molecule has 1 aromatic rings. The molecule has 0 saturated heterocycles. The fourth-order valence-corrected chi connectivity index (χ4v) is 2.54. The van der Waals surface area contributed by atoms with Gasteiger partial charge in [-0.05, 0) is 34.5 Å². The van der Waals surface area contributed by atoms with Crippen LogP contribution in [-0.2, 0) is 4.79 Å². The molecule has 0 unspecified atom stereocenters. The summed E-state index contributed by atoms with van der Waals surface area (Å²) in [6, 6.07) is 3.19. The summed E-state index contributed by atoms with van der Waals surface area (Å²) in [5.74, 6) is 0.0888. The average molecular weight is 360 g/mol. The van der Waals surface area contributed by atoms with E-state index in [1.54, 1.807) is 13.2 Å². The van der Waals surface area contributed by atoms with Crippen LogP contribution in [0.15, 0.2) is 16.6 Å². The second-order valence-electron chi connectivity index (χ2n) is 4.86. The number of aliphatic carboxylic acids is 1. The highest BCUT2D eigenvalue weighted by atomic mass is 79.9. The molecule has 0 amide bonds. The lowest BCUT2D eigenvalue weighted by Crippen LogP contribution is -2.55. The van der Waals surface area contributed by atoms with Crippen molar-refractivity contribution in [3.63, 3.8) is 0 Å². The van der Waals surface area contributed by atoms with E-state index in [1.807, 2.05) is 6.07 Å². The van der Waals surface area contributed by atoms with Crippen LogP contribution in [0.5, 0.6) is 11.5 Å². The Morgan fingerprint density at radius 2 is 2.14 bits per heavy atom. The standard InChI is InChI=1S/C15H22BrNO4/c1-3-4-5-6-21-15-11(16)7-10(8-13(15)20-2)12(17)9-14(18)19/h7-8,12H,3-6,9,17H2,1-2H3,(H,18,19)/t12-/m0/s1. The number of carbonyl (C=O) groups excluding carboxylic acids is 1. The summed E-state index contributed by atoms with van der Waals surface area (Å²) >= 11 is 3.45. The molecule has 0 fully saturated rings. The average Bonchev–Trinajstić information content (AvgIpc) is 2.43. The van der Waals surface area contributed by atoms with Crippen molar-refractivity contribution in [1.82, 2.24) is 0 Å². The van der Waals surface area contributed by atoms with E-state index in [0.717, 1.165) is 29.3 Å². The molecule has 0 radical (unpaired) electrons. The lowest BCUT2D eigenvalue weighted by atomic mass is 10.0. The van der Waals surface area contributed by atoms with Gasteiger partial charge in [0.2, 0.25) is 0 Å². The molecule has 0 aliphatic heterocycles. The first kappa shape index (κ1) is 17.8. The normalized spacial score (nSPS) is 12.0. The van der Waals surface area contributed by atoms with Crippen LogP contribution in [0.3, 0.4) is 0 Å². The molecule has 0 aliphatic rings. The molecule has 1 atom stereocenters. The molecular weight excluding hydrogens is 338 g/mol. The number of hydrogen-bond donors (Lipinski definition) is 1. The summed E-state index contributed by atoms with van der Waals surface area (Å²) in [6.45, 7) is 2.76. The van der Waals surface area contributed by atoms with E-state index in [2.05, 4.69) is 28.6 Å². The number of hydrogen-bond acceptors (Lipinski definition) is 4. The Morgan fingerprint density at radius 1 is 1.43 bits per heavy atom. The number of rotatable bonds is 9. The van der Waals surface area contributed by atoms with Crippen molar-refractivity contribution in [3.05, 3.63) is 22.2 Å². The van der Waals surface area contributed by atoms with E-state index < -0.39 is 12.0 Å². The van der Waals surface area contributed by atoms with Crippen molar-refractivity contribution >= 4 is 21.9 Å². The molecule has 0 bridgehead atoms. The van der Waals surface area contributed by atoms with Crippen LogP contribution in [0.1, 0.15) is 44.2 Å². The maximum atomic E-state index is 10.7. The van der Waals surface area contributed by atoms with Gasteiger partial charge in [-0.3, -0.25) is 0 Å². The van der Waals surface area contributed by atoms with Gasteiger partial charge in [-0.1, -0.05) is 19.8 Å². The minimum atomic E-state index is -1.12. The molecule has 6 heteroatoms. The first-order valence-electron chi connectivity index (χ1n) is 7.02. The van der Waals surface area contributed by atoms with Gasteiger partial charge in [0.1, 0.15) is 6.04 Å². The van der Waals surface area contributed by atoms with E-state index >= 15 is 0 Å². The first-order chi connectivity index (χ1) is 9.99. The molecule has 0 spiro atoms. The highest BCUT2D eigenvalue weighted by Crippen LogP contribution is 2.38. The Labute approximate surface area is 133 Å². The first-order valence-corrected chi connectivity index (χ1v) is 7.82. The number of carbonyl (C=O) groups is 1. The van der Waals surface area contributed by atoms with Crippen molar-refractivity contribution in [2.45, 2.75) is 38.6 Å². The van der Waals surface area contributed by atoms with Crippen LogP contribution in [-0.4, -0.2) is 19.7 Å². The largest absolute Gasteiger partial charge is 0.550 e. The fraction of sp³-hybridized carbons (Fsp3) is 0.533. The van der Waals surface area contributed by atoms with E-state index in [9.17, 15) is 9.90 Å². The SMILES string of the molecule is CCCCCOc1c(Br)cc([C@@H]([NH3+])CC(=O)[O-])cc1OC. The van der Waals surface area contributed by atoms with E-state index in [-0.39, 0.29) is 6.42 Å². The van der Waals surface area contributed by atoms with Crippen molar-refractivity contribution in [2.75, 3.05) is 13.7 Å². The summed E-state index contributed by atoms with van der Waals surface area (Å²) in [5, 5.41) is 10.7. The Balaban J connectivity index is 2.88. The smallest absolute Gasteiger partial charge is 0.175 e. The minimum absolute atomic E-state index is 0.133. The Morgan fingerprint density at radius 3 is 2.71 bits per heavy atom. The number of quaternary nitrogens is 1. The molecule has 1 aromatic carbocycles. The van der Waals surface area contributed by atoms with Crippen molar-refractivity contribution in [3.8, 4) is 11.5 Å². The lowest BCUT2D eigenvalue weighted by molar-refractivity contribution is -0.430. The number of benzene rings is 1. The number of ether oxygens (including phenoxy) is 2. The molecular formula is C15H22BrNO4. The van der Waals surface area contributed by atoms with Gasteiger partial charge in [-0.15, -0.1) is 0 Å². The zero-order valence-corrected chi connectivity index (χ0v) is 14.1. The maximum absolute atomic E-state index is 10.7. The molecule has 1 rings (SSSR count). The molecule has 118 valence electrons. The molecule has 3 N–H and O–H groups in total. The van der Waals surface area contributed by atoms with Gasteiger partial charge >= 0.3 is 0 Å². The molecule has 0 saturated carbocycles. The lowest BCUT2D eigenvalue weighted by Gasteiger charge is -2.16. The predicted octanol–water partition coefficient (Wildman–Crippen LogP) is 1.45.